The van der Waals surface area contributed by atoms with Gasteiger partial charge in [0.2, 0.25) is 0 Å². The van der Waals surface area contributed by atoms with Gasteiger partial charge in [-0.15, -0.1) is 0 Å². The van der Waals surface area contributed by atoms with Gasteiger partial charge >= 0.3 is 5.97 Å². The molecule has 0 spiro atoms. The van der Waals surface area contributed by atoms with Crippen LogP contribution in [0.15, 0.2) is 0 Å². The largest absolute Gasteiger partial charge is 0.481 e. The zero-order chi connectivity index (χ0) is 17.1. The number of aliphatic hydroxyl groups excluding tert-OH is 1. The first-order valence-corrected chi connectivity index (χ1v) is 8.86. The second kappa shape index (κ2) is 20.3. The van der Waals surface area contributed by atoms with Crippen LogP contribution >= 0.6 is 0 Å². The van der Waals surface area contributed by atoms with Crippen molar-refractivity contribution in [3.05, 3.63) is 0 Å². The summed E-state index contributed by atoms with van der Waals surface area (Å²) in [5.74, 6) is -0.663. The molecule has 0 saturated carbocycles. The molecule has 5 heteroatoms. The van der Waals surface area contributed by atoms with E-state index >= 15 is 0 Å². The summed E-state index contributed by atoms with van der Waals surface area (Å²) in [6.07, 6.45) is 12.3. The number of aliphatic hydroxyl groups is 1. The molecule has 6 N–H and O–H groups in total. The van der Waals surface area contributed by atoms with Crippen LogP contribution in [-0.4, -0.2) is 35.4 Å². The van der Waals surface area contributed by atoms with Crippen molar-refractivity contribution in [2.45, 2.75) is 90.0 Å². The Morgan fingerprint density at radius 1 is 0.955 bits per heavy atom. The molecule has 0 bridgehead atoms. The normalized spacial score (nSPS) is 11.6. The van der Waals surface area contributed by atoms with E-state index in [2.05, 4.69) is 6.92 Å². The van der Waals surface area contributed by atoms with E-state index in [0.29, 0.717) is 13.0 Å². The number of hydrogen-bond acceptors (Lipinski definition) is 4. The molecule has 0 aromatic heterocycles. The molecule has 0 rings (SSSR count). The van der Waals surface area contributed by atoms with Crippen molar-refractivity contribution < 1.29 is 15.0 Å². The zero-order valence-electron chi connectivity index (χ0n) is 14.4. The molecule has 0 saturated heterocycles. The SMILES string of the molecule is CCCCCCCCCC(=O)O.NCCCC(N)CCCO. The molecule has 0 heterocycles. The first-order chi connectivity index (χ1) is 10.6. The van der Waals surface area contributed by atoms with Crippen LogP contribution in [0.2, 0.25) is 0 Å². The highest BCUT2D eigenvalue weighted by Gasteiger charge is 1.99. The molecule has 0 aromatic carbocycles. The fraction of sp³-hybridized carbons (Fsp3) is 0.941. The van der Waals surface area contributed by atoms with Gasteiger partial charge in [0.25, 0.3) is 0 Å². The first kappa shape index (κ1) is 23.6. The molecule has 0 aromatic rings. The number of carboxylic acids is 1. The van der Waals surface area contributed by atoms with Gasteiger partial charge in [-0.1, -0.05) is 45.4 Å². The molecule has 1 unspecified atom stereocenters. The summed E-state index contributed by atoms with van der Waals surface area (Å²) < 4.78 is 0. The number of aliphatic carboxylic acids is 1. The summed E-state index contributed by atoms with van der Waals surface area (Å²) in [4.78, 5) is 10.1. The van der Waals surface area contributed by atoms with E-state index < -0.39 is 5.97 Å². The topological polar surface area (TPSA) is 110 Å². The number of carboxylic acid groups (broad SMARTS) is 1. The van der Waals surface area contributed by atoms with Gasteiger partial charge in [-0.3, -0.25) is 4.79 Å². The Labute approximate surface area is 136 Å². The highest BCUT2D eigenvalue weighted by Crippen LogP contribution is 2.07. The maximum atomic E-state index is 10.1. The molecule has 0 amide bonds. The van der Waals surface area contributed by atoms with Crippen LogP contribution in [0.1, 0.15) is 84.0 Å². The molecular formula is C17H38N2O3. The van der Waals surface area contributed by atoms with Gasteiger partial charge in [0, 0.05) is 19.1 Å². The molecular weight excluding hydrogens is 280 g/mol. The van der Waals surface area contributed by atoms with E-state index in [4.69, 9.17) is 21.7 Å². The third-order valence-corrected chi connectivity index (χ3v) is 3.51. The monoisotopic (exact) mass is 318 g/mol. The van der Waals surface area contributed by atoms with Gasteiger partial charge in [-0.2, -0.15) is 0 Å². The van der Waals surface area contributed by atoms with Crippen LogP contribution < -0.4 is 11.5 Å². The van der Waals surface area contributed by atoms with E-state index in [1.165, 1.54) is 32.1 Å². The maximum Gasteiger partial charge on any atom is 0.303 e. The van der Waals surface area contributed by atoms with Crippen LogP contribution in [0.25, 0.3) is 0 Å². The van der Waals surface area contributed by atoms with Gasteiger partial charge in [-0.05, 0) is 38.6 Å². The average molecular weight is 319 g/mol. The molecule has 1 atom stereocenters. The second-order valence-electron chi connectivity index (χ2n) is 5.82. The van der Waals surface area contributed by atoms with E-state index in [1.54, 1.807) is 0 Å². The van der Waals surface area contributed by atoms with E-state index in [9.17, 15) is 4.79 Å². The molecule has 134 valence electrons. The van der Waals surface area contributed by atoms with Crippen molar-refractivity contribution >= 4 is 5.97 Å². The summed E-state index contributed by atoms with van der Waals surface area (Å²) in [6.45, 7) is 3.16. The summed E-state index contributed by atoms with van der Waals surface area (Å²) in [7, 11) is 0. The summed E-state index contributed by atoms with van der Waals surface area (Å²) >= 11 is 0. The van der Waals surface area contributed by atoms with Crippen molar-refractivity contribution in [3.8, 4) is 0 Å². The quantitative estimate of drug-likeness (QED) is 0.368. The van der Waals surface area contributed by atoms with Gasteiger partial charge in [0.1, 0.15) is 0 Å². The lowest BCUT2D eigenvalue weighted by molar-refractivity contribution is -0.137. The van der Waals surface area contributed by atoms with Crippen molar-refractivity contribution in [1.82, 2.24) is 0 Å². The third-order valence-electron chi connectivity index (χ3n) is 3.51. The first-order valence-electron chi connectivity index (χ1n) is 8.86. The molecule has 5 nitrogen and oxygen atoms in total. The fourth-order valence-electron chi connectivity index (χ4n) is 2.11. The van der Waals surface area contributed by atoms with Gasteiger partial charge < -0.3 is 21.7 Å². The number of unbranched alkanes of at least 4 members (excludes halogenated alkanes) is 6. The molecule has 0 aliphatic rings. The number of nitrogens with two attached hydrogens (primary N) is 2. The van der Waals surface area contributed by atoms with Crippen LogP contribution in [0.3, 0.4) is 0 Å². The fourth-order valence-corrected chi connectivity index (χ4v) is 2.11. The van der Waals surface area contributed by atoms with Crippen LogP contribution in [-0.2, 0) is 4.79 Å². The molecule has 0 aliphatic heterocycles. The standard InChI is InChI=1S/C10H20O2.C7H18N2O/c1-2-3-4-5-6-7-8-9-10(11)12;8-5-1-3-7(9)4-2-6-10/h2-9H2,1H3,(H,11,12);7,10H,1-6,8-9H2. The number of hydrogen-bond donors (Lipinski definition) is 4. The van der Waals surface area contributed by atoms with Crippen molar-refractivity contribution in [2.75, 3.05) is 13.2 Å². The summed E-state index contributed by atoms with van der Waals surface area (Å²) in [6, 6.07) is 0.232. The minimum absolute atomic E-state index is 0.232. The molecule has 0 aliphatic carbocycles. The summed E-state index contributed by atoms with van der Waals surface area (Å²) in [5, 5.41) is 16.8. The van der Waals surface area contributed by atoms with Crippen molar-refractivity contribution in [3.63, 3.8) is 0 Å². The average Bonchev–Trinajstić information content (AvgIpc) is 2.50. The van der Waals surface area contributed by atoms with E-state index in [-0.39, 0.29) is 12.6 Å². The highest BCUT2D eigenvalue weighted by molar-refractivity contribution is 5.66. The Morgan fingerprint density at radius 3 is 2.00 bits per heavy atom. The summed E-state index contributed by atoms with van der Waals surface area (Å²) in [5.41, 5.74) is 11.0. The molecule has 0 fully saturated rings. The Balaban J connectivity index is 0. The van der Waals surface area contributed by atoms with Crippen LogP contribution in [0, 0.1) is 0 Å². The lowest BCUT2D eigenvalue weighted by atomic mass is 10.1. The Morgan fingerprint density at radius 2 is 1.50 bits per heavy atom. The van der Waals surface area contributed by atoms with Crippen LogP contribution in [0.4, 0.5) is 0 Å². The van der Waals surface area contributed by atoms with E-state index in [0.717, 1.165) is 38.5 Å². The predicted octanol–water partition coefficient (Wildman–Crippen LogP) is 3.04. The zero-order valence-corrected chi connectivity index (χ0v) is 14.4. The smallest absolute Gasteiger partial charge is 0.303 e. The number of rotatable bonds is 14. The van der Waals surface area contributed by atoms with Crippen molar-refractivity contribution in [2.24, 2.45) is 11.5 Å². The van der Waals surface area contributed by atoms with Gasteiger partial charge in [0.15, 0.2) is 0 Å². The molecule has 0 radical (unpaired) electrons. The lowest BCUT2D eigenvalue weighted by Gasteiger charge is -2.08. The van der Waals surface area contributed by atoms with Gasteiger partial charge in [-0.25, -0.2) is 0 Å². The minimum atomic E-state index is -0.663. The Kier molecular flexibility index (Phi) is 21.8. The second-order valence-corrected chi connectivity index (χ2v) is 5.82. The minimum Gasteiger partial charge on any atom is -0.481 e. The Bertz CT molecular complexity index is 218. The third kappa shape index (κ3) is 24.4. The Hall–Kier alpha value is -0.650. The molecule has 22 heavy (non-hydrogen) atoms. The highest BCUT2D eigenvalue weighted by atomic mass is 16.4. The predicted molar refractivity (Wildman–Crippen MR) is 92.8 cm³/mol. The van der Waals surface area contributed by atoms with Crippen LogP contribution in [0.5, 0.6) is 0 Å². The lowest BCUT2D eigenvalue weighted by Crippen LogP contribution is -2.21. The van der Waals surface area contributed by atoms with E-state index in [1.807, 2.05) is 0 Å². The number of carbonyl (C=O) groups is 1. The van der Waals surface area contributed by atoms with Crippen molar-refractivity contribution in [1.29, 1.82) is 0 Å². The van der Waals surface area contributed by atoms with Gasteiger partial charge in [0.05, 0.1) is 0 Å². The maximum absolute atomic E-state index is 10.1.